The van der Waals surface area contributed by atoms with Crippen molar-refractivity contribution < 1.29 is 25.1 Å². The van der Waals surface area contributed by atoms with E-state index >= 15 is 0 Å². The van der Waals surface area contributed by atoms with Crippen LogP contribution < -0.4 is 0 Å². The molecular formula is C26H34Cl3NO2Ta-. The molecule has 1 atom stereocenters. The molecule has 0 aromatic heterocycles. The fraction of sp³-hybridized carbons (Fsp3) is 0.423. The van der Waals surface area contributed by atoms with Gasteiger partial charge in [0.1, 0.15) is 0 Å². The van der Waals surface area contributed by atoms with Crippen LogP contribution in [0.4, 0.5) is 0 Å². The minimum absolute atomic E-state index is 0.0183. The number of allylic oxidation sites excluding steroid dienone is 1. The molecule has 1 amide bonds. The zero-order chi connectivity index (χ0) is 24.6. The maximum atomic E-state index is 12.1. The first-order chi connectivity index (χ1) is 15.8. The van der Waals surface area contributed by atoms with E-state index in [4.69, 9.17) is 27.6 Å². The van der Waals surface area contributed by atoms with Crippen molar-refractivity contribution in [3.05, 3.63) is 77.4 Å². The van der Waals surface area contributed by atoms with Crippen LogP contribution in [0, 0.1) is 6.08 Å². The Labute approximate surface area is 217 Å². The van der Waals surface area contributed by atoms with Crippen molar-refractivity contribution in [1.29, 1.82) is 0 Å². The number of aliphatic hydroxyl groups is 1. The molecule has 0 radical (unpaired) electrons. The molecule has 0 saturated carbocycles. The van der Waals surface area contributed by atoms with Crippen molar-refractivity contribution in [1.82, 2.24) is 4.90 Å². The molecule has 0 saturated heterocycles. The number of benzene rings is 2. The molecule has 0 fully saturated rings. The van der Waals surface area contributed by atoms with E-state index in [1.807, 2.05) is 42.5 Å². The average Bonchev–Trinajstić information content (AvgIpc) is 2.80. The van der Waals surface area contributed by atoms with E-state index in [-0.39, 0.29) is 5.91 Å². The molecule has 0 heterocycles. The number of nitrogens with zero attached hydrogens (tertiary/aromatic N) is 1. The number of hydrogen-bond acceptors (Lipinski definition) is 2. The Balaban J connectivity index is 0.00000125. The number of aryl methyl sites for hydroxylation is 1. The number of carbonyl (C=O) groups is 1. The summed E-state index contributed by atoms with van der Waals surface area (Å²) in [4.78, 5) is 13.7. The van der Waals surface area contributed by atoms with Gasteiger partial charge in [0.2, 0.25) is 0 Å². The third kappa shape index (κ3) is 13.0. The first kappa shape index (κ1) is 30.3. The first-order valence-electron chi connectivity index (χ1n) is 11.2. The Bertz CT molecular complexity index is 824. The quantitative estimate of drug-likeness (QED) is 0.196. The van der Waals surface area contributed by atoms with Gasteiger partial charge >= 0.3 is 42.8 Å². The van der Waals surface area contributed by atoms with Gasteiger partial charge in [-0.15, -0.1) is 18.6 Å². The van der Waals surface area contributed by atoms with Gasteiger partial charge in [-0.2, -0.15) is 11.1 Å². The van der Waals surface area contributed by atoms with Crippen molar-refractivity contribution in [2.45, 2.75) is 58.0 Å². The molecule has 0 spiro atoms. The molecule has 2 rings (SSSR count). The Morgan fingerprint density at radius 3 is 2.09 bits per heavy atom. The average molecular weight is 680 g/mol. The van der Waals surface area contributed by atoms with Gasteiger partial charge in [-0.1, -0.05) is 75.1 Å². The summed E-state index contributed by atoms with van der Waals surface area (Å²) in [6.45, 7) is 2.20. The molecular weight excluding hydrogens is 646 g/mol. The topological polar surface area (TPSA) is 40.5 Å². The van der Waals surface area contributed by atoms with Crippen LogP contribution in [0.2, 0.25) is 0 Å². The molecule has 0 aliphatic heterocycles. The van der Waals surface area contributed by atoms with Gasteiger partial charge in [0.05, 0.1) is 0 Å². The molecule has 2 aromatic rings. The Morgan fingerprint density at radius 1 is 0.970 bits per heavy atom. The Morgan fingerprint density at radius 2 is 1.55 bits per heavy atom. The molecule has 7 heteroatoms. The summed E-state index contributed by atoms with van der Waals surface area (Å²) in [7, 11) is 18.5. The SMILES string of the molecule is CCCCCC[C-]=C(c1ccc(C(=O)N(C)C)cc1)C(O)CCc1ccccc1.[Cl][Ta]([Cl])[Cl]. The molecule has 0 aliphatic rings. The number of hydrogen-bond donors (Lipinski definition) is 1. The van der Waals surface area contributed by atoms with Crippen molar-refractivity contribution >= 4 is 39.0 Å². The Kier molecular flexibility index (Phi) is 16.2. The summed E-state index contributed by atoms with van der Waals surface area (Å²) < 4.78 is 0. The van der Waals surface area contributed by atoms with Gasteiger partial charge < -0.3 is 10.0 Å². The fourth-order valence-electron chi connectivity index (χ4n) is 3.33. The van der Waals surface area contributed by atoms with Crippen molar-refractivity contribution in [3.8, 4) is 0 Å². The van der Waals surface area contributed by atoms with Gasteiger partial charge in [-0.05, 0) is 18.4 Å². The standard InChI is InChI=1S/C26H34NO2.3ClH.Ta/c1-4-5-6-7-11-14-24(25(28)20-15-21-12-9-8-10-13-21)22-16-18-23(19-17-22)26(29)27(2)3;;;;/h8-10,12-13,16-19,25,28H,4-7,11,15,20H2,1-3H3;3*1H;/q-1;;;;+3/p-3. The van der Waals surface area contributed by atoms with Crippen molar-refractivity contribution in [3.63, 3.8) is 0 Å². The summed E-state index contributed by atoms with van der Waals surface area (Å²) in [5.41, 5.74) is 3.67. The molecule has 33 heavy (non-hydrogen) atoms. The normalized spacial score (nSPS) is 12.2. The number of amides is 1. The first-order valence-corrected chi connectivity index (χ1v) is 23.1. The summed E-state index contributed by atoms with van der Waals surface area (Å²) in [5, 5.41) is 10.9. The van der Waals surface area contributed by atoms with E-state index in [1.54, 1.807) is 19.0 Å². The number of aliphatic hydroxyl groups excluding tert-OH is 1. The zero-order valence-corrected chi connectivity index (χ0v) is 25.1. The van der Waals surface area contributed by atoms with Crippen LogP contribution in [-0.4, -0.2) is 36.1 Å². The van der Waals surface area contributed by atoms with Crippen LogP contribution in [0.5, 0.6) is 0 Å². The van der Waals surface area contributed by atoms with Gasteiger partial charge in [-0.3, -0.25) is 10.9 Å². The number of carbonyl (C=O) groups excluding carboxylic acids is 1. The van der Waals surface area contributed by atoms with Crippen LogP contribution in [0.1, 0.15) is 66.9 Å². The number of halogens is 3. The summed E-state index contributed by atoms with van der Waals surface area (Å²) in [6, 6.07) is 17.8. The summed E-state index contributed by atoms with van der Waals surface area (Å²) in [5.74, 6) is -0.0183. The second-order valence-corrected chi connectivity index (χ2v) is 21.8. The number of unbranched alkanes of at least 4 members (excludes halogenated alkanes) is 4. The molecule has 3 nitrogen and oxygen atoms in total. The maximum absolute atomic E-state index is 12.1. The fourth-order valence-corrected chi connectivity index (χ4v) is 3.33. The van der Waals surface area contributed by atoms with Crippen LogP contribution in [0.15, 0.2) is 54.6 Å². The molecule has 0 aliphatic carbocycles. The van der Waals surface area contributed by atoms with Crippen LogP contribution >= 0.6 is 27.6 Å². The summed E-state index contributed by atoms with van der Waals surface area (Å²) >= 11 is -2.18. The number of rotatable bonds is 11. The zero-order valence-electron chi connectivity index (χ0n) is 19.6. The van der Waals surface area contributed by atoms with Crippen molar-refractivity contribution in [2.75, 3.05) is 14.1 Å². The third-order valence-corrected chi connectivity index (χ3v) is 5.08. The molecule has 182 valence electrons. The van der Waals surface area contributed by atoms with Gasteiger partial charge in [0.15, 0.2) is 0 Å². The van der Waals surface area contributed by atoms with E-state index < -0.39 is 21.3 Å². The van der Waals surface area contributed by atoms with E-state index in [0.29, 0.717) is 12.0 Å². The second kappa shape index (κ2) is 17.6. The predicted octanol–water partition coefficient (Wildman–Crippen LogP) is 7.61. The third-order valence-electron chi connectivity index (χ3n) is 5.08. The van der Waals surface area contributed by atoms with Crippen LogP contribution in [0.25, 0.3) is 5.57 Å². The summed E-state index contributed by atoms with van der Waals surface area (Å²) in [6.07, 6.45) is 9.92. The predicted molar refractivity (Wildman–Crippen MR) is 138 cm³/mol. The van der Waals surface area contributed by atoms with Gasteiger partial charge in [0.25, 0.3) is 5.91 Å². The van der Waals surface area contributed by atoms with E-state index in [1.165, 1.54) is 24.8 Å². The molecule has 1 unspecified atom stereocenters. The van der Waals surface area contributed by atoms with Crippen LogP contribution in [0.3, 0.4) is 0 Å². The second-order valence-electron chi connectivity index (χ2n) is 7.91. The monoisotopic (exact) mass is 678 g/mol. The molecule has 2 aromatic carbocycles. The van der Waals surface area contributed by atoms with E-state index in [0.717, 1.165) is 30.4 Å². The molecule has 1 N–H and O–H groups in total. The van der Waals surface area contributed by atoms with E-state index in [9.17, 15) is 9.90 Å². The minimum atomic E-state index is -2.18. The Hall–Kier alpha value is -0.780. The van der Waals surface area contributed by atoms with Gasteiger partial charge in [0, 0.05) is 25.8 Å². The van der Waals surface area contributed by atoms with Crippen molar-refractivity contribution in [2.24, 2.45) is 0 Å². The van der Waals surface area contributed by atoms with Gasteiger partial charge in [-0.25, -0.2) is 0 Å². The van der Waals surface area contributed by atoms with E-state index in [2.05, 4.69) is 25.1 Å². The molecule has 0 bridgehead atoms. The van der Waals surface area contributed by atoms with Crippen LogP contribution in [-0.2, 0) is 21.6 Å².